The first-order chi connectivity index (χ1) is 17.8. The second kappa shape index (κ2) is 9.55. The third kappa shape index (κ3) is 4.15. The van der Waals surface area contributed by atoms with Crippen LogP contribution in [0.4, 0.5) is 5.69 Å². The minimum absolute atomic E-state index is 0.0867. The van der Waals surface area contributed by atoms with E-state index in [1.54, 1.807) is 67.6 Å². The lowest BCUT2D eigenvalue weighted by Gasteiger charge is -2.25. The van der Waals surface area contributed by atoms with Crippen LogP contribution in [0, 0.1) is 0 Å². The van der Waals surface area contributed by atoms with Gasteiger partial charge in [-0.15, -0.1) is 0 Å². The minimum atomic E-state index is -0.859. The van der Waals surface area contributed by atoms with Crippen LogP contribution < -0.4 is 10.3 Å². The van der Waals surface area contributed by atoms with Gasteiger partial charge in [0.25, 0.3) is 5.91 Å². The highest BCUT2D eigenvalue weighted by atomic mass is 35.5. The summed E-state index contributed by atoms with van der Waals surface area (Å²) in [6.07, 6.45) is 0. The zero-order chi connectivity index (χ0) is 26.3. The van der Waals surface area contributed by atoms with Gasteiger partial charge in [-0.3, -0.25) is 14.5 Å². The summed E-state index contributed by atoms with van der Waals surface area (Å²) < 4.78 is 15.7. The van der Waals surface area contributed by atoms with Gasteiger partial charge in [-0.05, 0) is 67.1 Å². The molecule has 1 aliphatic heterocycles. The van der Waals surface area contributed by atoms with Crippen molar-refractivity contribution in [2.24, 2.45) is 0 Å². The number of ether oxygens (including phenoxy) is 2. The van der Waals surface area contributed by atoms with Gasteiger partial charge >= 0.3 is 11.9 Å². The van der Waals surface area contributed by atoms with Gasteiger partial charge in [-0.25, -0.2) is 9.59 Å². The molecule has 0 saturated heterocycles. The van der Waals surface area contributed by atoms with Gasteiger partial charge in [0.15, 0.2) is 5.43 Å². The molecule has 5 rings (SSSR count). The number of anilines is 1. The lowest BCUT2D eigenvalue weighted by molar-refractivity contribution is 0.0525. The van der Waals surface area contributed by atoms with Gasteiger partial charge in [0.1, 0.15) is 5.58 Å². The fourth-order valence-electron chi connectivity index (χ4n) is 4.42. The van der Waals surface area contributed by atoms with Gasteiger partial charge in [0, 0.05) is 10.7 Å². The second-order valence-corrected chi connectivity index (χ2v) is 8.71. The average Bonchev–Trinajstić information content (AvgIpc) is 3.21. The first kappa shape index (κ1) is 24.3. The molecule has 9 heteroatoms. The van der Waals surface area contributed by atoms with Crippen LogP contribution >= 0.6 is 11.6 Å². The van der Waals surface area contributed by atoms with Crippen molar-refractivity contribution in [3.05, 3.63) is 110 Å². The lowest BCUT2D eigenvalue weighted by Crippen LogP contribution is -2.29. The molecule has 0 spiro atoms. The number of nitrogens with zero attached hydrogens (tertiary/aromatic N) is 1. The molecule has 186 valence electrons. The Kier molecular flexibility index (Phi) is 6.27. The number of fused-ring (bicyclic) bond motifs is 2. The fourth-order valence-corrected chi connectivity index (χ4v) is 4.59. The Morgan fingerprint density at radius 2 is 1.59 bits per heavy atom. The molecule has 4 aromatic rings. The van der Waals surface area contributed by atoms with Gasteiger partial charge in [0.2, 0.25) is 5.76 Å². The molecule has 1 aromatic heterocycles. The van der Waals surface area contributed by atoms with Crippen molar-refractivity contribution in [1.82, 2.24) is 0 Å². The maximum atomic E-state index is 13.7. The van der Waals surface area contributed by atoms with Crippen LogP contribution in [0.3, 0.4) is 0 Å². The number of hydrogen-bond acceptors (Lipinski definition) is 7. The van der Waals surface area contributed by atoms with Crippen LogP contribution in [0.5, 0.6) is 0 Å². The van der Waals surface area contributed by atoms with Crippen molar-refractivity contribution in [3.63, 3.8) is 0 Å². The molecule has 2 heterocycles. The van der Waals surface area contributed by atoms with Gasteiger partial charge in [0.05, 0.1) is 41.8 Å². The normalized spacial score (nSPS) is 14.5. The van der Waals surface area contributed by atoms with Crippen LogP contribution in [0.25, 0.3) is 11.0 Å². The average molecular weight is 518 g/mol. The summed E-state index contributed by atoms with van der Waals surface area (Å²) in [5, 5.41) is 0.601. The molecule has 0 radical (unpaired) electrons. The Hall–Kier alpha value is -4.43. The summed E-state index contributed by atoms with van der Waals surface area (Å²) >= 11 is 6.13. The predicted molar refractivity (Wildman–Crippen MR) is 136 cm³/mol. The van der Waals surface area contributed by atoms with E-state index < -0.39 is 23.9 Å². The van der Waals surface area contributed by atoms with Crippen LogP contribution in [0.15, 0.2) is 75.9 Å². The van der Waals surface area contributed by atoms with Crippen molar-refractivity contribution < 1.29 is 28.3 Å². The highest BCUT2D eigenvalue weighted by Crippen LogP contribution is 2.41. The van der Waals surface area contributed by atoms with E-state index in [1.165, 1.54) is 18.1 Å². The molecule has 1 unspecified atom stereocenters. The van der Waals surface area contributed by atoms with Crippen molar-refractivity contribution in [2.45, 2.75) is 13.0 Å². The number of amides is 1. The van der Waals surface area contributed by atoms with E-state index in [-0.39, 0.29) is 34.3 Å². The maximum Gasteiger partial charge on any atom is 0.338 e. The number of hydrogen-bond donors (Lipinski definition) is 0. The van der Waals surface area contributed by atoms with Gasteiger partial charge < -0.3 is 13.9 Å². The highest BCUT2D eigenvalue weighted by Gasteiger charge is 2.43. The van der Waals surface area contributed by atoms with Crippen LogP contribution in [-0.4, -0.2) is 31.6 Å². The molecule has 0 fully saturated rings. The zero-order valence-corrected chi connectivity index (χ0v) is 20.6. The third-order valence-corrected chi connectivity index (χ3v) is 6.37. The molecule has 0 aliphatic carbocycles. The van der Waals surface area contributed by atoms with E-state index in [0.29, 0.717) is 27.4 Å². The summed E-state index contributed by atoms with van der Waals surface area (Å²) in [6.45, 7) is 1.94. The van der Waals surface area contributed by atoms with E-state index in [1.807, 2.05) is 0 Å². The monoisotopic (exact) mass is 517 g/mol. The second-order valence-electron chi connectivity index (χ2n) is 8.27. The summed E-state index contributed by atoms with van der Waals surface area (Å²) in [6, 6.07) is 16.5. The Balaban J connectivity index is 1.69. The third-order valence-electron chi connectivity index (χ3n) is 6.14. The van der Waals surface area contributed by atoms with Gasteiger partial charge in [-0.1, -0.05) is 23.7 Å². The topological polar surface area (TPSA) is 103 Å². The van der Waals surface area contributed by atoms with Crippen LogP contribution in [-0.2, 0) is 9.47 Å². The summed E-state index contributed by atoms with van der Waals surface area (Å²) in [5.74, 6) is -1.60. The Morgan fingerprint density at radius 3 is 2.24 bits per heavy atom. The standard InChI is InChI=1S/C28H20ClNO7/c1-3-36-28(34)17-8-11-19(12-9-17)30-23(15-4-6-16(7-5-15)27(33)35-2)22-24(31)20-14-18(29)10-13-21(20)37-25(22)26(30)32/h4-14,23H,3H2,1-2H3. The summed E-state index contributed by atoms with van der Waals surface area (Å²) in [5.41, 5.74) is 1.65. The van der Waals surface area contributed by atoms with Crippen molar-refractivity contribution in [2.75, 3.05) is 18.6 Å². The Bertz CT molecular complexity index is 1610. The molecule has 37 heavy (non-hydrogen) atoms. The Morgan fingerprint density at radius 1 is 0.946 bits per heavy atom. The first-order valence-electron chi connectivity index (χ1n) is 11.4. The SMILES string of the molecule is CCOC(=O)c1ccc(N2C(=O)c3oc4ccc(Cl)cc4c(=O)c3C2c2ccc(C(=O)OC)cc2)cc1. The quantitative estimate of drug-likeness (QED) is 0.337. The lowest BCUT2D eigenvalue weighted by atomic mass is 9.97. The molecule has 1 amide bonds. The molecule has 0 N–H and O–H groups in total. The summed E-state index contributed by atoms with van der Waals surface area (Å²) in [7, 11) is 1.28. The number of methoxy groups -OCH3 is 1. The number of esters is 2. The zero-order valence-electron chi connectivity index (χ0n) is 19.8. The Labute approximate surface area is 216 Å². The highest BCUT2D eigenvalue weighted by molar-refractivity contribution is 6.31. The smallest absolute Gasteiger partial charge is 0.338 e. The maximum absolute atomic E-state index is 13.7. The number of benzene rings is 3. The largest absolute Gasteiger partial charge is 0.465 e. The van der Waals surface area contributed by atoms with E-state index in [4.69, 9.17) is 25.5 Å². The van der Waals surface area contributed by atoms with Gasteiger partial charge in [-0.2, -0.15) is 0 Å². The number of carbonyl (C=O) groups excluding carboxylic acids is 3. The predicted octanol–water partition coefficient (Wildman–Crippen LogP) is 5.16. The minimum Gasteiger partial charge on any atom is -0.465 e. The van der Waals surface area contributed by atoms with Crippen LogP contribution in [0.1, 0.15) is 55.4 Å². The molecule has 0 bridgehead atoms. The molecule has 8 nitrogen and oxygen atoms in total. The fraction of sp³-hybridized carbons (Fsp3) is 0.143. The molecular weight excluding hydrogens is 498 g/mol. The first-order valence-corrected chi connectivity index (χ1v) is 11.8. The van der Waals surface area contributed by atoms with E-state index in [9.17, 15) is 19.2 Å². The number of carbonyl (C=O) groups is 3. The summed E-state index contributed by atoms with van der Waals surface area (Å²) in [4.78, 5) is 52.9. The molecule has 1 atom stereocenters. The van der Waals surface area contributed by atoms with E-state index >= 15 is 0 Å². The van der Waals surface area contributed by atoms with Crippen molar-refractivity contribution >= 4 is 46.1 Å². The number of rotatable bonds is 5. The van der Waals surface area contributed by atoms with E-state index in [2.05, 4.69) is 0 Å². The van der Waals surface area contributed by atoms with Crippen molar-refractivity contribution in [3.8, 4) is 0 Å². The number of halogens is 1. The molecular formula is C28H20ClNO7. The molecule has 3 aromatic carbocycles. The van der Waals surface area contributed by atoms with E-state index in [0.717, 1.165) is 0 Å². The van der Waals surface area contributed by atoms with Crippen molar-refractivity contribution in [1.29, 1.82) is 0 Å². The molecule has 1 aliphatic rings. The molecule has 0 saturated carbocycles. The van der Waals surface area contributed by atoms with Crippen LogP contribution in [0.2, 0.25) is 5.02 Å².